The lowest BCUT2D eigenvalue weighted by Crippen LogP contribution is -2.33. The predicted molar refractivity (Wildman–Crippen MR) is 125 cm³/mol. The Morgan fingerprint density at radius 3 is 2.22 bits per heavy atom. The minimum absolute atomic E-state index is 0.183. The van der Waals surface area contributed by atoms with E-state index in [-0.39, 0.29) is 5.70 Å². The Bertz CT molecular complexity index is 1240. The zero-order valence-corrected chi connectivity index (χ0v) is 18.6. The van der Waals surface area contributed by atoms with E-state index in [1.165, 1.54) is 12.0 Å². The molecular weight excluding hydrogens is 428 g/mol. The molecule has 0 unspecified atom stereocenters. The van der Waals surface area contributed by atoms with Crippen LogP contribution in [0.1, 0.15) is 11.1 Å². The quantitative estimate of drug-likeness (QED) is 0.534. The molecule has 0 spiro atoms. The van der Waals surface area contributed by atoms with E-state index in [4.69, 9.17) is 21.1 Å². The van der Waals surface area contributed by atoms with Crippen LogP contribution in [0.4, 0.5) is 11.4 Å². The molecule has 0 fully saturated rings. The highest BCUT2D eigenvalue weighted by Gasteiger charge is 2.40. The number of imide groups is 1. The van der Waals surface area contributed by atoms with Gasteiger partial charge < -0.3 is 14.8 Å². The maximum atomic E-state index is 13.5. The topological polar surface area (TPSA) is 67.9 Å². The fraction of sp³-hybridized carbons (Fsp3) is 0.120. The van der Waals surface area contributed by atoms with Crippen molar-refractivity contribution in [3.8, 4) is 11.5 Å². The number of amides is 2. The second-order valence-electron chi connectivity index (χ2n) is 7.19. The molecule has 1 N–H and O–H groups in total. The first-order valence-corrected chi connectivity index (χ1v) is 10.3. The van der Waals surface area contributed by atoms with Crippen LogP contribution in [-0.4, -0.2) is 26.0 Å². The first kappa shape index (κ1) is 21.5. The molecule has 0 saturated heterocycles. The lowest BCUT2D eigenvalue weighted by molar-refractivity contribution is -0.120. The number of ether oxygens (including phenoxy) is 2. The summed E-state index contributed by atoms with van der Waals surface area (Å²) in [6.07, 6.45) is 0. The molecule has 6 nitrogen and oxygen atoms in total. The molecule has 0 atom stereocenters. The Morgan fingerprint density at radius 1 is 0.844 bits per heavy atom. The van der Waals surface area contributed by atoms with Gasteiger partial charge in [-0.1, -0.05) is 41.9 Å². The molecule has 3 aromatic rings. The van der Waals surface area contributed by atoms with Gasteiger partial charge in [-0.3, -0.25) is 9.59 Å². The molecule has 0 radical (unpaired) electrons. The number of halogens is 1. The van der Waals surface area contributed by atoms with E-state index >= 15 is 0 Å². The Morgan fingerprint density at radius 2 is 1.56 bits per heavy atom. The Labute approximate surface area is 191 Å². The molecule has 0 aliphatic carbocycles. The van der Waals surface area contributed by atoms with Crippen molar-refractivity contribution in [2.24, 2.45) is 0 Å². The van der Waals surface area contributed by atoms with Gasteiger partial charge in [-0.2, -0.15) is 0 Å². The summed E-state index contributed by atoms with van der Waals surface area (Å²) in [4.78, 5) is 28.2. The molecular formula is C25H21ClN2O4. The van der Waals surface area contributed by atoms with Crippen molar-refractivity contribution in [1.82, 2.24) is 0 Å². The van der Waals surface area contributed by atoms with Crippen molar-refractivity contribution < 1.29 is 19.1 Å². The maximum Gasteiger partial charge on any atom is 0.282 e. The number of nitrogens with one attached hydrogen (secondary N) is 1. The molecule has 0 saturated carbocycles. The third-order valence-electron chi connectivity index (χ3n) is 5.20. The number of aryl methyl sites for hydroxylation is 1. The van der Waals surface area contributed by atoms with E-state index in [0.717, 1.165) is 5.56 Å². The van der Waals surface area contributed by atoms with Crippen LogP contribution in [-0.2, 0) is 9.59 Å². The van der Waals surface area contributed by atoms with Crippen LogP contribution in [0.15, 0.2) is 72.4 Å². The van der Waals surface area contributed by atoms with Gasteiger partial charge in [0.2, 0.25) is 0 Å². The summed E-state index contributed by atoms with van der Waals surface area (Å²) in [5, 5.41) is 3.66. The summed E-state index contributed by atoms with van der Waals surface area (Å²) in [7, 11) is 3.08. The van der Waals surface area contributed by atoms with Gasteiger partial charge in [-0.05, 0) is 48.4 Å². The van der Waals surface area contributed by atoms with Crippen molar-refractivity contribution in [1.29, 1.82) is 0 Å². The number of anilines is 2. The Hall–Kier alpha value is -3.77. The van der Waals surface area contributed by atoms with E-state index in [9.17, 15) is 9.59 Å². The van der Waals surface area contributed by atoms with Gasteiger partial charge in [0, 0.05) is 16.8 Å². The number of benzene rings is 3. The van der Waals surface area contributed by atoms with Crippen LogP contribution in [0.5, 0.6) is 11.5 Å². The standard InChI is InChI=1S/C25H21ClN2O4/c1-15-13-17(26)9-11-19(15)28-24(29)22(16-7-5-4-6-8-16)23(25(28)30)27-18-10-12-20(31-2)21(14-18)32-3/h4-14,27H,1-3H3. The van der Waals surface area contributed by atoms with Crippen LogP contribution in [0.3, 0.4) is 0 Å². The number of rotatable bonds is 6. The molecule has 3 aromatic carbocycles. The van der Waals surface area contributed by atoms with E-state index in [1.54, 1.807) is 55.6 Å². The first-order valence-electron chi connectivity index (χ1n) is 9.88. The van der Waals surface area contributed by atoms with Crippen molar-refractivity contribution in [2.45, 2.75) is 6.92 Å². The number of carbonyl (C=O) groups is 2. The Balaban J connectivity index is 1.82. The van der Waals surface area contributed by atoms with Crippen LogP contribution < -0.4 is 19.7 Å². The lowest BCUT2D eigenvalue weighted by atomic mass is 10.0. The van der Waals surface area contributed by atoms with Gasteiger partial charge in [-0.15, -0.1) is 0 Å². The highest BCUT2D eigenvalue weighted by molar-refractivity contribution is 6.46. The van der Waals surface area contributed by atoms with Crippen molar-refractivity contribution in [2.75, 3.05) is 24.4 Å². The number of hydrogen-bond acceptors (Lipinski definition) is 5. The van der Waals surface area contributed by atoms with E-state index in [0.29, 0.717) is 39.0 Å². The SMILES string of the molecule is COc1ccc(NC2=C(c3ccccc3)C(=O)N(c3ccc(Cl)cc3C)C2=O)cc1OC. The van der Waals surface area contributed by atoms with E-state index < -0.39 is 11.8 Å². The minimum Gasteiger partial charge on any atom is -0.493 e. The molecule has 1 aliphatic heterocycles. The van der Waals surface area contributed by atoms with Crippen LogP contribution in [0.25, 0.3) is 5.57 Å². The summed E-state index contributed by atoms with van der Waals surface area (Å²) < 4.78 is 10.6. The summed E-state index contributed by atoms with van der Waals surface area (Å²) in [5.41, 5.74) is 2.91. The highest BCUT2D eigenvalue weighted by Crippen LogP contribution is 2.37. The lowest BCUT2D eigenvalue weighted by Gasteiger charge is -2.18. The molecule has 7 heteroatoms. The third-order valence-corrected chi connectivity index (χ3v) is 5.43. The van der Waals surface area contributed by atoms with Gasteiger partial charge in [0.05, 0.1) is 25.5 Å². The van der Waals surface area contributed by atoms with Crippen LogP contribution in [0.2, 0.25) is 5.02 Å². The second kappa shape index (κ2) is 8.77. The molecule has 1 heterocycles. The molecule has 0 aromatic heterocycles. The molecule has 162 valence electrons. The summed E-state index contributed by atoms with van der Waals surface area (Å²) in [6.45, 7) is 1.81. The number of hydrogen-bond donors (Lipinski definition) is 1. The smallest absolute Gasteiger partial charge is 0.282 e. The van der Waals surface area contributed by atoms with Crippen molar-refractivity contribution in [3.05, 3.63) is 88.6 Å². The van der Waals surface area contributed by atoms with E-state index in [2.05, 4.69) is 5.32 Å². The largest absolute Gasteiger partial charge is 0.493 e. The molecule has 1 aliphatic rings. The number of nitrogens with zero attached hydrogens (tertiary/aromatic N) is 1. The fourth-order valence-corrected chi connectivity index (χ4v) is 3.89. The summed E-state index contributed by atoms with van der Waals surface area (Å²) in [5.74, 6) is 0.202. The number of carbonyl (C=O) groups excluding carboxylic acids is 2. The molecule has 32 heavy (non-hydrogen) atoms. The van der Waals surface area contributed by atoms with Crippen LogP contribution in [0, 0.1) is 6.92 Å². The van der Waals surface area contributed by atoms with Gasteiger partial charge >= 0.3 is 0 Å². The Kier molecular flexibility index (Phi) is 5.88. The highest BCUT2D eigenvalue weighted by atomic mass is 35.5. The van der Waals surface area contributed by atoms with Crippen molar-refractivity contribution >= 4 is 40.4 Å². The summed E-state index contributed by atoms with van der Waals surface area (Å²) in [6, 6.07) is 19.4. The van der Waals surface area contributed by atoms with Gasteiger partial charge in [0.1, 0.15) is 5.70 Å². The minimum atomic E-state index is -0.450. The van der Waals surface area contributed by atoms with Gasteiger partial charge in [-0.25, -0.2) is 4.90 Å². The molecule has 0 bridgehead atoms. The second-order valence-corrected chi connectivity index (χ2v) is 7.62. The zero-order valence-electron chi connectivity index (χ0n) is 17.8. The molecule has 4 rings (SSSR count). The van der Waals surface area contributed by atoms with Gasteiger partial charge in [0.15, 0.2) is 11.5 Å². The zero-order chi connectivity index (χ0) is 22.8. The average Bonchev–Trinajstić information content (AvgIpc) is 3.03. The maximum absolute atomic E-state index is 13.5. The average molecular weight is 449 g/mol. The monoisotopic (exact) mass is 448 g/mol. The number of methoxy groups -OCH3 is 2. The van der Waals surface area contributed by atoms with E-state index in [1.807, 2.05) is 25.1 Å². The summed E-state index contributed by atoms with van der Waals surface area (Å²) >= 11 is 6.08. The molecule has 2 amide bonds. The van der Waals surface area contributed by atoms with Gasteiger partial charge in [0.25, 0.3) is 11.8 Å². The van der Waals surface area contributed by atoms with Crippen molar-refractivity contribution in [3.63, 3.8) is 0 Å². The fourth-order valence-electron chi connectivity index (χ4n) is 3.67. The normalized spacial score (nSPS) is 13.6. The first-order chi connectivity index (χ1) is 15.4. The third kappa shape index (κ3) is 3.81. The van der Waals surface area contributed by atoms with Crippen LogP contribution >= 0.6 is 11.6 Å². The predicted octanol–water partition coefficient (Wildman–Crippen LogP) is 5.06.